The lowest BCUT2D eigenvalue weighted by atomic mass is 9.80. The first kappa shape index (κ1) is 20.3. The zero-order chi connectivity index (χ0) is 22.4. The third-order valence-electron chi connectivity index (χ3n) is 5.47. The Balaban J connectivity index is 1.74. The number of nitrogens with two attached hydrogens (primary N) is 2. The molecule has 0 fully saturated rings. The molecular weight excluding hydrogens is 402 g/mol. The SMILES string of the molecule is C=CC(=O)OCCCN1C(=O)c2c(N)c3c(c(N)c2C1O)C(=O)c1ccccc1C3=O. The number of nitrogens with zero attached hydrogens (tertiary/aromatic N) is 1. The number of nitrogen functional groups attached to an aromatic ring is 2. The van der Waals surface area contributed by atoms with Gasteiger partial charge in [-0.2, -0.15) is 0 Å². The van der Waals surface area contributed by atoms with Gasteiger partial charge >= 0.3 is 5.97 Å². The van der Waals surface area contributed by atoms with Gasteiger partial charge in [-0.3, -0.25) is 14.4 Å². The molecule has 2 aromatic rings. The number of ether oxygens (including phenoxy) is 1. The monoisotopic (exact) mass is 421 g/mol. The van der Waals surface area contributed by atoms with Gasteiger partial charge in [-0.25, -0.2) is 4.79 Å². The van der Waals surface area contributed by atoms with Crippen LogP contribution in [0.2, 0.25) is 0 Å². The molecule has 0 aromatic heterocycles. The molecule has 1 atom stereocenters. The number of carbonyl (C=O) groups is 4. The molecule has 2 aromatic carbocycles. The van der Waals surface area contributed by atoms with Crippen LogP contribution in [0.4, 0.5) is 11.4 Å². The fourth-order valence-electron chi connectivity index (χ4n) is 4.03. The minimum absolute atomic E-state index is 0.00451. The molecule has 0 saturated heterocycles. The number of carbonyl (C=O) groups excluding carboxylic acids is 4. The third-order valence-corrected chi connectivity index (χ3v) is 5.47. The summed E-state index contributed by atoms with van der Waals surface area (Å²) in [5.41, 5.74) is 12.1. The molecule has 1 aliphatic heterocycles. The first-order chi connectivity index (χ1) is 14.8. The molecule has 0 saturated carbocycles. The summed E-state index contributed by atoms with van der Waals surface area (Å²) in [7, 11) is 0. The van der Waals surface area contributed by atoms with E-state index >= 15 is 0 Å². The van der Waals surface area contributed by atoms with Gasteiger partial charge in [-0.15, -0.1) is 0 Å². The topological polar surface area (TPSA) is 153 Å². The minimum Gasteiger partial charge on any atom is -0.462 e. The number of esters is 1. The van der Waals surface area contributed by atoms with E-state index in [-0.39, 0.29) is 64.3 Å². The van der Waals surface area contributed by atoms with Gasteiger partial charge in [0.15, 0.2) is 17.8 Å². The molecular formula is C22H19N3O6. The molecule has 1 unspecified atom stereocenters. The van der Waals surface area contributed by atoms with Gasteiger partial charge in [0.2, 0.25) is 0 Å². The first-order valence-corrected chi connectivity index (χ1v) is 9.51. The van der Waals surface area contributed by atoms with Crippen molar-refractivity contribution in [1.82, 2.24) is 4.90 Å². The van der Waals surface area contributed by atoms with E-state index in [0.717, 1.165) is 11.0 Å². The molecule has 2 aliphatic rings. The molecule has 1 heterocycles. The second-order valence-corrected chi connectivity index (χ2v) is 7.17. The zero-order valence-electron chi connectivity index (χ0n) is 16.4. The predicted octanol–water partition coefficient (Wildman–Crippen LogP) is 1.19. The van der Waals surface area contributed by atoms with E-state index in [0.29, 0.717) is 0 Å². The van der Waals surface area contributed by atoms with Crippen LogP contribution in [0.15, 0.2) is 36.9 Å². The van der Waals surface area contributed by atoms with Crippen molar-refractivity contribution >= 4 is 34.8 Å². The van der Waals surface area contributed by atoms with E-state index in [2.05, 4.69) is 6.58 Å². The van der Waals surface area contributed by atoms with Crippen LogP contribution in [0.3, 0.4) is 0 Å². The Morgan fingerprint density at radius 3 is 2.23 bits per heavy atom. The summed E-state index contributed by atoms with van der Waals surface area (Å²) in [6.45, 7) is 3.33. The molecule has 5 N–H and O–H groups in total. The highest BCUT2D eigenvalue weighted by Crippen LogP contribution is 2.45. The summed E-state index contributed by atoms with van der Waals surface area (Å²) >= 11 is 0. The number of fused-ring (bicyclic) bond motifs is 3. The highest BCUT2D eigenvalue weighted by Gasteiger charge is 2.44. The van der Waals surface area contributed by atoms with Crippen LogP contribution in [0, 0.1) is 0 Å². The van der Waals surface area contributed by atoms with Gasteiger partial charge in [-0.1, -0.05) is 30.8 Å². The Kier molecular flexibility index (Phi) is 4.82. The lowest BCUT2D eigenvalue weighted by Crippen LogP contribution is -2.30. The minimum atomic E-state index is -1.45. The van der Waals surface area contributed by atoms with Crippen molar-refractivity contribution in [2.75, 3.05) is 24.6 Å². The number of hydrogen-bond donors (Lipinski definition) is 3. The van der Waals surface area contributed by atoms with Crippen molar-refractivity contribution in [3.05, 3.63) is 70.3 Å². The molecule has 0 spiro atoms. The fraction of sp³-hybridized carbons (Fsp3) is 0.182. The summed E-state index contributed by atoms with van der Waals surface area (Å²) in [5, 5.41) is 10.8. The van der Waals surface area contributed by atoms with Crippen molar-refractivity contribution in [1.29, 1.82) is 0 Å². The Hall–Kier alpha value is -3.98. The highest BCUT2D eigenvalue weighted by molar-refractivity contribution is 6.33. The normalized spacial score (nSPS) is 16.6. The lowest BCUT2D eigenvalue weighted by Gasteiger charge is -2.23. The molecule has 158 valence electrons. The molecule has 4 rings (SSSR count). The van der Waals surface area contributed by atoms with Crippen molar-refractivity contribution < 1.29 is 29.0 Å². The van der Waals surface area contributed by atoms with Crippen molar-refractivity contribution in [2.24, 2.45) is 0 Å². The maximum Gasteiger partial charge on any atom is 0.330 e. The maximum absolute atomic E-state index is 13.1. The zero-order valence-corrected chi connectivity index (χ0v) is 16.4. The number of rotatable bonds is 5. The molecule has 9 heteroatoms. The van der Waals surface area contributed by atoms with Crippen LogP contribution >= 0.6 is 0 Å². The summed E-state index contributed by atoms with van der Waals surface area (Å²) < 4.78 is 4.88. The van der Waals surface area contributed by atoms with E-state index in [4.69, 9.17) is 16.2 Å². The number of anilines is 2. The maximum atomic E-state index is 13.1. The fourth-order valence-corrected chi connectivity index (χ4v) is 4.03. The summed E-state index contributed by atoms with van der Waals surface area (Å²) in [5.74, 6) is -2.22. The van der Waals surface area contributed by atoms with Gasteiger partial charge in [0, 0.05) is 29.3 Å². The van der Waals surface area contributed by atoms with Gasteiger partial charge in [0.05, 0.1) is 34.7 Å². The number of aliphatic hydroxyl groups excluding tert-OH is 1. The molecule has 9 nitrogen and oxygen atoms in total. The van der Waals surface area contributed by atoms with E-state index < -0.39 is 29.7 Å². The van der Waals surface area contributed by atoms with Crippen LogP contribution in [-0.2, 0) is 9.53 Å². The lowest BCUT2D eigenvalue weighted by molar-refractivity contribution is -0.137. The van der Waals surface area contributed by atoms with E-state index in [1.54, 1.807) is 12.1 Å². The molecule has 0 radical (unpaired) electrons. The van der Waals surface area contributed by atoms with Crippen LogP contribution in [0.5, 0.6) is 0 Å². The summed E-state index contributed by atoms with van der Waals surface area (Å²) in [6, 6.07) is 6.27. The van der Waals surface area contributed by atoms with Crippen LogP contribution in [0.25, 0.3) is 0 Å². The average Bonchev–Trinajstić information content (AvgIpc) is 3.02. The molecule has 1 aliphatic carbocycles. The largest absolute Gasteiger partial charge is 0.462 e. The number of aliphatic hydroxyl groups is 1. The van der Waals surface area contributed by atoms with Crippen LogP contribution < -0.4 is 11.5 Å². The number of benzene rings is 2. The highest BCUT2D eigenvalue weighted by atomic mass is 16.5. The third kappa shape index (κ3) is 2.89. The van der Waals surface area contributed by atoms with Crippen molar-refractivity contribution in [3.8, 4) is 0 Å². The van der Waals surface area contributed by atoms with Crippen LogP contribution in [0.1, 0.15) is 60.4 Å². The number of hydrogen-bond acceptors (Lipinski definition) is 8. The Morgan fingerprint density at radius 2 is 1.65 bits per heavy atom. The quantitative estimate of drug-likeness (QED) is 0.183. The van der Waals surface area contributed by atoms with Gasteiger partial charge in [-0.05, 0) is 6.42 Å². The van der Waals surface area contributed by atoms with E-state index in [9.17, 15) is 24.3 Å². The Bertz CT molecular complexity index is 1190. The summed E-state index contributed by atoms with van der Waals surface area (Å²) in [6.07, 6.45) is -0.201. The standard InChI is InChI=1S/C22H19N3O6/c1-2-12(26)31-9-5-8-25-21(29)15-16(22(25)30)18(24)14-13(17(15)23)19(27)10-6-3-4-7-11(10)20(14)28/h2-4,6-7,21,29H,1,5,8-9,23-24H2. The van der Waals surface area contributed by atoms with Gasteiger partial charge in [0.1, 0.15) is 0 Å². The predicted molar refractivity (Wildman–Crippen MR) is 110 cm³/mol. The van der Waals surface area contributed by atoms with Crippen molar-refractivity contribution in [2.45, 2.75) is 12.6 Å². The van der Waals surface area contributed by atoms with E-state index in [1.165, 1.54) is 12.1 Å². The first-order valence-electron chi connectivity index (χ1n) is 9.51. The van der Waals surface area contributed by atoms with Crippen molar-refractivity contribution in [3.63, 3.8) is 0 Å². The van der Waals surface area contributed by atoms with E-state index in [1.807, 2.05) is 0 Å². The smallest absolute Gasteiger partial charge is 0.330 e. The van der Waals surface area contributed by atoms with Gasteiger partial charge < -0.3 is 26.2 Å². The Morgan fingerprint density at radius 1 is 1.06 bits per heavy atom. The second kappa shape index (κ2) is 7.37. The molecule has 1 amide bonds. The molecule has 0 bridgehead atoms. The molecule has 31 heavy (non-hydrogen) atoms. The summed E-state index contributed by atoms with van der Waals surface area (Å²) in [4.78, 5) is 51.4. The number of ketones is 2. The Labute approximate surface area is 176 Å². The van der Waals surface area contributed by atoms with Crippen LogP contribution in [-0.4, -0.2) is 46.6 Å². The van der Waals surface area contributed by atoms with Gasteiger partial charge in [0.25, 0.3) is 5.91 Å². The average molecular weight is 421 g/mol. The number of amides is 1. The second-order valence-electron chi connectivity index (χ2n) is 7.17.